The van der Waals surface area contributed by atoms with Crippen LogP contribution in [0.2, 0.25) is 0 Å². The van der Waals surface area contributed by atoms with Crippen LogP contribution in [0.25, 0.3) is 0 Å². The van der Waals surface area contributed by atoms with E-state index in [4.69, 9.17) is 27.4 Å². The molecule has 176 valence electrons. The second-order valence-electron chi connectivity index (χ2n) is 8.62. The number of pyridine rings is 2. The smallest absolute Gasteiger partial charge is 0.263 e. The normalized spacial score (nSPS) is 28.7. The van der Waals surface area contributed by atoms with Crippen molar-refractivity contribution in [2.24, 2.45) is 0 Å². The van der Waals surface area contributed by atoms with Crippen molar-refractivity contribution in [2.45, 2.75) is 55.2 Å². The van der Waals surface area contributed by atoms with Gasteiger partial charge in [0.2, 0.25) is 5.88 Å². The Labute approximate surface area is 207 Å². The molecule has 0 aromatic carbocycles. The minimum atomic E-state index is -1.38. The topological polar surface area (TPSA) is 109 Å². The van der Waals surface area contributed by atoms with E-state index >= 15 is 0 Å². The first-order valence-electron chi connectivity index (χ1n) is 11.0. The van der Waals surface area contributed by atoms with Gasteiger partial charge in [-0.1, -0.05) is 0 Å². The van der Waals surface area contributed by atoms with E-state index in [1.165, 1.54) is 17.2 Å². The van der Waals surface area contributed by atoms with Crippen LogP contribution < -0.4 is 14.5 Å². The number of aromatic nitrogens is 2. The Hall–Kier alpha value is -2.81. The van der Waals surface area contributed by atoms with Gasteiger partial charge < -0.3 is 14.4 Å². The maximum atomic E-state index is 13.7. The molecular formula is C23H23N5O4S2. The number of carbonyl (C=O) groups is 2. The van der Waals surface area contributed by atoms with Crippen molar-refractivity contribution in [3.63, 3.8) is 0 Å². The Morgan fingerprint density at radius 1 is 1.26 bits per heavy atom. The van der Waals surface area contributed by atoms with Gasteiger partial charge >= 0.3 is 0 Å². The average molecular weight is 498 g/mol. The fraction of sp³-hybridized carbons (Fsp3) is 0.435. The fourth-order valence-corrected chi connectivity index (χ4v) is 5.56. The van der Waals surface area contributed by atoms with Crippen molar-refractivity contribution >= 4 is 48.3 Å². The zero-order valence-corrected chi connectivity index (χ0v) is 20.2. The second kappa shape index (κ2) is 8.76. The van der Waals surface area contributed by atoms with Gasteiger partial charge in [0.05, 0.1) is 18.5 Å². The molecule has 1 spiro atoms. The lowest BCUT2D eigenvalue weighted by molar-refractivity contribution is -0.138. The molecule has 5 rings (SSSR count). The van der Waals surface area contributed by atoms with Crippen LogP contribution in [0.1, 0.15) is 36.9 Å². The van der Waals surface area contributed by atoms with Crippen LogP contribution >= 0.6 is 25.3 Å². The predicted molar refractivity (Wildman–Crippen MR) is 130 cm³/mol. The van der Waals surface area contributed by atoms with Crippen LogP contribution in [0.4, 0.5) is 11.4 Å². The van der Waals surface area contributed by atoms with Crippen molar-refractivity contribution in [3.05, 3.63) is 41.9 Å². The first-order valence-corrected chi connectivity index (χ1v) is 12.0. The van der Waals surface area contributed by atoms with Gasteiger partial charge in [0, 0.05) is 25.5 Å². The number of thiol groups is 2. The fourth-order valence-electron chi connectivity index (χ4n) is 4.66. The van der Waals surface area contributed by atoms with Crippen molar-refractivity contribution in [1.29, 1.82) is 5.26 Å². The number of hydrogen-bond donors (Lipinski definition) is 2. The number of hydrogen-bond acceptors (Lipinski definition) is 10. The predicted octanol–water partition coefficient (Wildman–Crippen LogP) is 2.64. The molecule has 1 aliphatic carbocycles. The van der Waals surface area contributed by atoms with E-state index in [0.717, 1.165) is 5.56 Å². The molecule has 2 saturated heterocycles. The Balaban J connectivity index is 1.57. The van der Waals surface area contributed by atoms with Crippen molar-refractivity contribution in [1.82, 2.24) is 9.97 Å². The number of rotatable bonds is 4. The minimum Gasteiger partial charge on any atom is -0.473 e. The Kier molecular flexibility index (Phi) is 5.91. The lowest BCUT2D eigenvalue weighted by Gasteiger charge is -2.43. The largest absolute Gasteiger partial charge is 0.473 e. The van der Waals surface area contributed by atoms with E-state index in [2.05, 4.69) is 22.6 Å². The van der Waals surface area contributed by atoms with Gasteiger partial charge in [-0.15, -0.1) is 25.3 Å². The monoisotopic (exact) mass is 497 g/mol. The maximum absolute atomic E-state index is 13.7. The van der Waals surface area contributed by atoms with Gasteiger partial charge in [0.15, 0.2) is 16.8 Å². The number of nitrogens with zero attached hydrogens (tertiary/aromatic N) is 5. The molecule has 4 heterocycles. The van der Waals surface area contributed by atoms with Gasteiger partial charge in [0.1, 0.15) is 29.0 Å². The van der Waals surface area contributed by atoms with Crippen molar-refractivity contribution in [3.8, 4) is 11.9 Å². The van der Waals surface area contributed by atoms with E-state index < -0.39 is 11.0 Å². The molecule has 4 atom stereocenters. The SMILES string of the molecule is Cc1cnc(OC2CCOC(S)C2)c(N2C(S)N(c3ccc(C#N)nc3)C(=O)C23CCC3=O)c1. The summed E-state index contributed by atoms with van der Waals surface area (Å²) in [5.41, 5.74) is -0.328. The molecule has 3 aliphatic rings. The van der Waals surface area contributed by atoms with E-state index in [0.29, 0.717) is 49.5 Å². The lowest BCUT2D eigenvalue weighted by Crippen LogP contribution is -2.63. The molecule has 2 aromatic rings. The van der Waals surface area contributed by atoms with E-state index in [9.17, 15) is 9.59 Å². The Morgan fingerprint density at radius 3 is 2.71 bits per heavy atom. The van der Waals surface area contributed by atoms with Crippen LogP contribution in [0, 0.1) is 18.3 Å². The van der Waals surface area contributed by atoms with Crippen LogP contribution in [-0.2, 0) is 14.3 Å². The highest BCUT2D eigenvalue weighted by Crippen LogP contribution is 2.50. The molecule has 1 amide bonds. The highest BCUT2D eigenvalue weighted by atomic mass is 32.1. The molecule has 4 unspecified atom stereocenters. The van der Waals surface area contributed by atoms with Crippen LogP contribution in [0.15, 0.2) is 30.6 Å². The molecule has 0 radical (unpaired) electrons. The molecule has 11 heteroatoms. The second-order valence-corrected chi connectivity index (χ2v) is 9.65. The lowest BCUT2D eigenvalue weighted by atomic mass is 9.73. The molecule has 3 fully saturated rings. The summed E-state index contributed by atoms with van der Waals surface area (Å²) in [5.74, 6) is -0.206. The summed E-state index contributed by atoms with van der Waals surface area (Å²) < 4.78 is 11.8. The van der Waals surface area contributed by atoms with E-state index in [1.54, 1.807) is 17.2 Å². The van der Waals surface area contributed by atoms with Crippen LogP contribution in [0.5, 0.6) is 5.88 Å². The summed E-state index contributed by atoms with van der Waals surface area (Å²) in [6.45, 7) is 2.42. The number of amides is 1. The highest BCUT2D eigenvalue weighted by Gasteiger charge is 2.66. The first-order chi connectivity index (χ1) is 16.3. The summed E-state index contributed by atoms with van der Waals surface area (Å²) in [6, 6.07) is 6.99. The van der Waals surface area contributed by atoms with Crippen molar-refractivity contribution in [2.75, 3.05) is 16.4 Å². The van der Waals surface area contributed by atoms with E-state index in [1.807, 2.05) is 19.1 Å². The van der Waals surface area contributed by atoms with Crippen LogP contribution in [-0.4, -0.2) is 50.8 Å². The zero-order valence-electron chi connectivity index (χ0n) is 18.4. The number of carbonyl (C=O) groups excluding carboxylic acids is 2. The van der Waals surface area contributed by atoms with Gasteiger partial charge in [0.25, 0.3) is 5.91 Å². The van der Waals surface area contributed by atoms with E-state index in [-0.39, 0.29) is 28.9 Å². The quantitative estimate of drug-likeness (QED) is 0.490. The highest BCUT2D eigenvalue weighted by molar-refractivity contribution is 7.81. The summed E-state index contributed by atoms with van der Waals surface area (Å²) in [6.07, 6.45) is 4.93. The Bertz CT molecular complexity index is 1190. The number of ketones is 1. The number of aryl methyl sites for hydroxylation is 1. The van der Waals surface area contributed by atoms with Crippen LogP contribution in [0.3, 0.4) is 0 Å². The minimum absolute atomic E-state index is 0.159. The van der Waals surface area contributed by atoms with Gasteiger partial charge in [-0.3, -0.25) is 14.5 Å². The number of nitriles is 1. The molecule has 2 aromatic heterocycles. The molecular weight excluding hydrogens is 474 g/mol. The number of ether oxygens (including phenoxy) is 2. The van der Waals surface area contributed by atoms with Gasteiger partial charge in [-0.05, 0) is 37.1 Å². The molecule has 0 bridgehead atoms. The molecule has 1 saturated carbocycles. The average Bonchev–Trinajstić information content (AvgIpc) is 3.07. The number of Topliss-reactive ketones (excluding diaryl/α,β-unsaturated/α-hetero) is 1. The van der Waals surface area contributed by atoms with Gasteiger partial charge in [-0.2, -0.15) is 5.26 Å². The molecule has 2 aliphatic heterocycles. The third-order valence-electron chi connectivity index (χ3n) is 6.48. The third-order valence-corrected chi connectivity index (χ3v) is 7.30. The summed E-state index contributed by atoms with van der Waals surface area (Å²) in [5, 5.41) is 9.07. The Morgan fingerprint density at radius 2 is 2.09 bits per heavy atom. The summed E-state index contributed by atoms with van der Waals surface area (Å²) in [4.78, 5) is 38.5. The number of anilines is 2. The van der Waals surface area contributed by atoms with Gasteiger partial charge in [-0.25, -0.2) is 9.97 Å². The zero-order chi connectivity index (χ0) is 24.0. The molecule has 9 nitrogen and oxygen atoms in total. The summed E-state index contributed by atoms with van der Waals surface area (Å²) >= 11 is 9.19. The standard InChI is InChI=1S/C23H23N5O4S2/c1-13-8-17(20(26-11-13)32-16-5-7-31-19(33)9-16)28-22(34)27(15-3-2-14(10-24)25-12-15)21(30)23(28)6-4-18(23)29/h2-3,8,11-12,16,19,22,33-34H,4-7,9H2,1H3. The van der Waals surface area contributed by atoms with Crippen molar-refractivity contribution < 1.29 is 19.1 Å². The molecule has 0 N–H and O–H groups in total. The maximum Gasteiger partial charge on any atom is 0.263 e. The third kappa shape index (κ3) is 3.61. The summed E-state index contributed by atoms with van der Waals surface area (Å²) in [7, 11) is 0. The molecule has 34 heavy (non-hydrogen) atoms. The first kappa shape index (κ1) is 23.0.